The fraction of sp³-hybridized carbons (Fsp3) is 0.500. The molecule has 1 aliphatic heterocycles. The van der Waals surface area contributed by atoms with Gasteiger partial charge < -0.3 is 10.6 Å². The fourth-order valence-electron chi connectivity index (χ4n) is 2.59. The Morgan fingerprint density at radius 2 is 2.00 bits per heavy atom. The minimum absolute atomic E-state index is 0.119. The van der Waals surface area contributed by atoms with Crippen molar-refractivity contribution in [1.29, 1.82) is 0 Å². The van der Waals surface area contributed by atoms with Crippen molar-refractivity contribution >= 4 is 11.4 Å². The highest BCUT2D eigenvalue weighted by molar-refractivity contribution is 5.54. The maximum atomic E-state index is 9.20. The first-order chi connectivity index (χ1) is 8.13. The largest absolute Gasteiger partial charge is 0.399 e. The van der Waals surface area contributed by atoms with Gasteiger partial charge in [0.1, 0.15) is 0 Å². The summed E-state index contributed by atoms with van der Waals surface area (Å²) < 4.78 is 0. The van der Waals surface area contributed by atoms with Gasteiger partial charge in [0.25, 0.3) is 0 Å². The minimum atomic E-state index is -0.224. The van der Waals surface area contributed by atoms with Crippen molar-refractivity contribution in [2.45, 2.75) is 31.8 Å². The third-order valence-corrected chi connectivity index (χ3v) is 3.45. The van der Waals surface area contributed by atoms with Crippen molar-refractivity contribution in [3.8, 4) is 0 Å². The van der Waals surface area contributed by atoms with E-state index in [-0.39, 0.29) is 12.1 Å². The Balaban J connectivity index is 2.19. The topological polar surface area (TPSA) is 73.0 Å². The number of benzene rings is 1. The molecule has 1 aliphatic rings. The summed E-state index contributed by atoms with van der Waals surface area (Å²) in [7, 11) is 0. The van der Waals surface area contributed by atoms with E-state index in [9.17, 15) is 10.4 Å². The van der Waals surface area contributed by atoms with Crippen molar-refractivity contribution in [3.63, 3.8) is 0 Å². The molecule has 1 fully saturated rings. The summed E-state index contributed by atoms with van der Waals surface area (Å²) in [5.74, 6) is 0. The van der Waals surface area contributed by atoms with E-state index in [1.807, 2.05) is 24.3 Å². The molecule has 5 nitrogen and oxygen atoms in total. The zero-order valence-corrected chi connectivity index (χ0v) is 9.95. The van der Waals surface area contributed by atoms with Gasteiger partial charge >= 0.3 is 0 Å². The second kappa shape index (κ2) is 4.91. The SMILES string of the molecule is CCC1C(N(O)O)CCN1c1ccc(N)cc1. The highest BCUT2D eigenvalue weighted by atomic mass is 16.8. The lowest BCUT2D eigenvalue weighted by molar-refractivity contribution is -0.332. The highest BCUT2D eigenvalue weighted by Crippen LogP contribution is 2.29. The van der Waals surface area contributed by atoms with Gasteiger partial charge in [-0.1, -0.05) is 12.2 Å². The van der Waals surface area contributed by atoms with Crippen LogP contribution in [-0.2, 0) is 0 Å². The highest BCUT2D eigenvalue weighted by Gasteiger charge is 2.36. The van der Waals surface area contributed by atoms with Crippen molar-refractivity contribution in [1.82, 2.24) is 5.23 Å². The molecule has 17 heavy (non-hydrogen) atoms. The zero-order chi connectivity index (χ0) is 12.4. The Bertz CT molecular complexity index is 367. The van der Waals surface area contributed by atoms with Crippen LogP contribution < -0.4 is 10.6 Å². The second-order valence-electron chi connectivity index (χ2n) is 4.44. The summed E-state index contributed by atoms with van der Waals surface area (Å²) in [4.78, 5) is 2.20. The van der Waals surface area contributed by atoms with Crippen LogP contribution in [0.15, 0.2) is 24.3 Å². The van der Waals surface area contributed by atoms with Crippen LogP contribution in [0.4, 0.5) is 11.4 Å². The van der Waals surface area contributed by atoms with Crippen LogP contribution in [0.2, 0.25) is 0 Å². The van der Waals surface area contributed by atoms with Crippen LogP contribution in [-0.4, -0.2) is 34.3 Å². The van der Waals surface area contributed by atoms with Gasteiger partial charge in [0.15, 0.2) is 0 Å². The van der Waals surface area contributed by atoms with Gasteiger partial charge in [0, 0.05) is 24.0 Å². The molecule has 2 atom stereocenters. The van der Waals surface area contributed by atoms with E-state index in [1.54, 1.807) is 0 Å². The number of hydrogen-bond donors (Lipinski definition) is 3. The molecule has 0 radical (unpaired) electrons. The number of rotatable bonds is 3. The van der Waals surface area contributed by atoms with Crippen molar-refractivity contribution < 1.29 is 10.4 Å². The summed E-state index contributed by atoms with van der Waals surface area (Å²) in [5.41, 5.74) is 7.48. The van der Waals surface area contributed by atoms with E-state index in [4.69, 9.17) is 5.73 Å². The first kappa shape index (κ1) is 12.2. The molecule has 0 aliphatic carbocycles. The molecule has 0 spiro atoms. The standard InChI is InChI=1S/C12H19N3O2/c1-2-11-12(15(16)17)7-8-14(11)10-5-3-9(13)4-6-10/h3-6,11-12,16-17H,2,7-8,13H2,1H3. The molecule has 0 saturated carbocycles. The van der Waals surface area contributed by atoms with Crippen LogP contribution in [0.25, 0.3) is 0 Å². The zero-order valence-electron chi connectivity index (χ0n) is 9.95. The molecule has 94 valence electrons. The van der Waals surface area contributed by atoms with Crippen molar-refractivity contribution in [2.75, 3.05) is 17.2 Å². The maximum Gasteiger partial charge on any atom is 0.0843 e. The molecule has 2 rings (SSSR count). The number of hydrogen-bond acceptors (Lipinski definition) is 5. The molecule has 1 heterocycles. The summed E-state index contributed by atoms with van der Waals surface area (Å²) in [6, 6.07) is 7.57. The number of anilines is 2. The summed E-state index contributed by atoms with van der Waals surface area (Å²) >= 11 is 0. The van der Waals surface area contributed by atoms with Gasteiger partial charge in [-0.15, -0.1) is 0 Å². The lowest BCUT2D eigenvalue weighted by atomic mass is 10.1. The number of nitrogens with zero attached hydrogens (tertiary/aromatic N) is 2. The van der Waals surface area contributed by atoms with Crippen molar-refractivity contribution in [3.05, 3.63) is 24.3 Å². The van der Waals surface area contributed by atoms with Gasteiger partial charge in [0.2, 0.25) is 0 Å². The fourth-order valence-corrected chi connectivity index (χ4v) is 2.59. The van der Waals surface area contributed by atoms with Crippen LogP contribution in [0.1, 0.15) is 19.8 Å². The first-order valence-corrected chi connectivity index (χ1v) is 5.92. The number of nitrogen functional groups attached to an aromatic ring is 1. The molecular formula is C12H19N3O2. The van der Waals surface area contributed by atoms with Crippen LogP contribution in [0.3, 0.4) is 0 Å². The number of hydroxylamine groups is 2. The Morgan fingerprint density at radius 3 is 2.53 bits per heavy atom. The maximum absolute atomic E-state index is 9.20. The van der Waals surface area contributed by atoms with E-state index < -0.39 is 0 Å². The Kier molecular flexibility index (Phi) is 3.51. The predicted octanol–water partition coefficient (Wildman–Crippen LogP) is 1.71. The number of nitrogens with two attached hydrogens (primary N) is 1. The smallest absolute Gasteiger partial charge is 0.0843 e. The Labute approximate surface area is 101 Å². The van der Waals surface area contributed by atoms with Crippen molar-refractivity contribution in [2.24, 2.45) is 0 Å². The molecule has 0 aromatic heterocycles. The Morgan fingerprint density at radius 1 is 1.35 bits per heavy atom. The third kappa shape index (κ3) is 2.36. The van der Waals surface area contributed by atoms with E-state index in [2.05, 4.69) is 11.8 Å². The molecule has 1 aromatic rings. The van der Waals surface area contributed by atoms with Gasteiger partial charge in [0.05, 0.1) is 6.04 Å². The Hall–Kier alpha value is -1.30. The van der Waals surface area contributed by atoms with E-state index >= 15 is 0 Å². The molecule has 0 amide bonds. The monoisotopic (exact) mass is 237 g/mol. The first-order valence-electron chi connectivity index (χ1n) is 5.92. The summed E-state index contributed by atoms with van der Waals surface area (Å²) in [6.45, 7) is 2.88. The summed E-state index contributed by atoms with van der Waals surface area (Å²) in [5, 5.41) is 18.8. The minimum Gasteiger partial charge on any atom is -0.399 e. The quantitative estimate of drug-likeness (QED) is 0.551. The van der Waals surface area contributed by atoms with Crippen LogP contribution >= 0.6 is 0 Å². The van der Waals surface area contributed by atoms with E-state index in [1.165, 1.54) is 0 Å². The van der Waals surface area contributed by atoms with Gasteiger partial charge in [-0.25, -0.2) is 0 Å². The third-order valence-electron chi connectivity index (χ3n) is 3.45. The average molecular weight is 237 g/mol. The molecule has 2 unspecified atom stereocenters. The van der Waals surface area contributed by atoms with Gasteiger partial charge in [-0.05, 0) is 37.1 Å². The van der Waals surface area contributed by atoms with Gasteiger partial charge in [-0.2, -0.15) is 0 Å². The molecular weight excluding hydrogens is 218 g/mol. The van der Waals surface area contributed by atoms with Crippen LogP contribution in [0.5, 0.6) is 0 Å². The normalized spacial score (nSPS) is 24.6. The lowest BCUT2D eigenvalue weighted by Crippen LogP contribution is -2.42. The second-order valence-corrected chi connectivity index (χ2v) is 4.44. The van der Waals surface area contributed by atoms with Crippen LogP contribution in [0, 0.1) is 0 Å². The lowest BCUT2D eigenvalue weighted by Gasteiger charge is -2.30. The predicted molar refractivity (Wildman–Crippen MR) is 66.1 cm³/mol. The molecule has 5 heteroatoms. The molecule has 4 N–H and O–H groups in total. The molecule has 0 bridgehead atoms. The molecule has 1 aromatic carbocycles. The summed E-state index contributed by atoms with van der Waals surface area (Å²) in [6.07, 6.45) is 1.61. The van der Waals surface area contributed by atoms with Gasteiger partial charge in [-0.3, -0.25) is 10.4 Å². The van der Waals surface area contributed by atoms with E-state index in [0.29, 0.717) is 5.23 Å². The molecule has 1 saturated heterocycles. The van der Waals surface area contributed by atoms with E-state index in [0.717, 1.165) is 30.8 Å². The average Bonchev–Trinajstić information content (AvgIpc) is 2.73.